The molecule has 7 nitrogen and oxygen atoms in total. The largest absolute Gasteiger partial charge is 0.491 e. The molecule has 0 saturated carbocycles. The first-order valence-corrected chi connectivity index (χ1v) is 11.3. The van der Waals surface area contributed by atoms with Gasteiger partial charge in [0.25, 0.3) is 0 Å². The summed E-state index contributed by atoms with van der Waals surface area (Å²) in [5, 5.41) is 3.00. The van der Waals surface area contributed by atoms with Gasteiger partial charge in [-0.05, 0) is 62.2 Å². The lowest BCUT2D eigenvalue weighted by atomic mass is 10.0. The molecule has 1 atom stereocenters. The van der Waals surface area contributed by atoms with Crippen LogP contribution in [0.4, 0.5) is 11.6 Å². The first-order chi connectivity index (χ1) is 16.1. The Labute approximate surface area is 193 Å². The maximum Gasteiger partial charge on any atom is 0.230 e. The predicted octanol–water partition coefficient (Wildman–Crippen LogP) is 4.08. The number of ether oxygens (including phenoxy) is 1. The van der Waals surface area contributed by atoms with E-state index in [4.69, 9.17) is 9.73 Å². The molecule has 1 fully saturated rings. The quantitative estimate of drug-likeness (QED) is 0.624. The van der Waals surface area contributed by atoms with Gasteiger partial charge in [-0.25, -0.2) is 9.97 Å². The molecule has 2 aliphatic rings. The van der Waals surface area contributed by atoms with Crippen LogP contribution < -0.4 is 15.0 Å². The number of pyridine rings is 2. The van der Waals surface area contributed by atoms with E-state index >= 15 is 0 Å². The van der Waals surface area contributed by atoms with Crippen molar-refractivity contribution in [2.24, 2.45) is 10.9 Å². The van der Waals surface area contributed by atoms with E-state index in [2.05, 4.69) is 26.3 Å². The minimum absolute atomic E-state index is 0.0144. The molecule has 1 amide bonds. The maximum absolute atomic E-state index is 12.9. The summed E-state index contributed by atoms with van der Waals surface area (Å²) in [5.74, 6) is 2.17. The maximum atomic E-state index is 12.9. The number of carbonyl (C=O) groups excluding carboxylic acids is 1. The molecule has 1 saturated heterocycles. The predicted molar refractivity (Wildman–Crippen MR) is 129 cm³/mol. The third-order valence-electron chi connectivity index (χ3n) is 5.93. The minimum Gasteiger partial charge on any atom is -0.491 e. The van der Waals surface area contributed by atoms with Crippen LogP contribution in [0.15, 0.2) is 65.9 Å². The Morgan fingerprint density at radius 3 is 2.85 bits per heavy atom. The number of carbonyl (C=O) groups is 1. The van der Waals surface area contributed by atoms with Crippen molar-refractivity contribution in [2.75, 3.05) is 23.3 Å². The number of hydrogen-bond acceptors (Lipinski definition) is 6. The Morgan fingerprint density at radius 2 is 2.03 bits per heavy atom. The van der Waals surface area contributed by atoms with Crippen LogP contribution in [0.5, 0.6) is 5.75 Å². The highest BCUT2D eigenvalue weighted by molar-refractivity contribution is 6.15. The van der Waals surface area contributed by atoms with E-state index in [1.807, 2.05) is 56.3 Å². The summed E-state index contributed by atoms with van der Waals surface area (Å²) in [5.41, 5.74) is 4.07. The molecule has 1 unspecified atom stereocenters. The number of amides is 1. The van der Waals surface area contributed by atoms with Gasteiger partial charge >= 0.3 is 0 Å². The Balaban J connectivity index is 1.29. The van der Waals surface area contributed by atoms with Crippen LogP contribution >= 0.6 is 0 Å². The van der Waals surface area contributed by atoms with Crippen molar-refractivity contribution in [3.05, 3.63) is 77.6 Å². The molecule has 0 radical (unpaired) electrons. The van der Waals surface area contributed by atoms with Crippen molar-refractivity contribution < 1.29 is 9.53 Å². The van der Waals surface area contributed by atoms with E-state index < -0.39 is 0 Å². The number of nitrogens with zero attached hydrogens (tertiary/aromatic N) is 4. The molecule has 3 aromatic rings. The number of aliphatic imine (C=N–C) groups is 1. The van der Waals surface area contributed by atoms with E-state index in [0.717, 1.165) is 41.4 Å². The number of hydrogen-bond donors (Lipinski definition) is 1. The van der Waals surface area contributed by atoms with Gasteiger partial charge in [0.15, 0.2) is 0 Å². The first-order valence-electron chi connectivity index (χ1n) is 11.3. The van der Waals surface area contributed by atoms with Crippen LogP contribution in [0, 0.1) is 5.92 Å². The third kappa shape index (κ3) is 4.58. The summed E-state index contributed by atoms with van der Waals surface area (Å²) < 4.78 is 5.86. The highest BCUT2D eigenvalue weighted by atomic mass is 16.5. The van der Waals surface area contributed by atoms with Gasteiger partial charge in [-0.1, -0.05) is 12.1 Å². The Morgan fingerprint density at radius 1 is 1.12 bits per heavy atom. The average molecular weight is 442 g/mol. The summed E-state index contributed by atoms with van der Waals surface area (Å²) >= 11 is 0. The van der Waals surface area contributed by atoms with Gasteiger partial charge in [-0.15, -0.1) is 0 Å². The van der Waals surface area contributed by atoms with Crippen molar-refractivity contribution in [2.45, 2.75) is 32.9 Å². The molecule has 5 rings (SSSR count). The zero-order valence-corrected chi connectivity index (χ0v) is 18.9. The summed E-state index contributed by atoms with van der Waals surface area (Å²) in [6, 6.07) is 15.8. The molecular weight excluding hydrogens is 414 g/mol. The van der Waals surface area contributed by atoms with Crippen LogP contribution in [0.1, 0.15) is 37.0 Å². The van der Waals surface area contributed by atoms with Gasteiger partial charge in [0.2, 0.25) is 5.91 Å². The fourth-order valence-corrected chi connectivity index (χ4v) is 4.35. The smallest absolute Gasteiger partial charge is 0.230 e. The molecular formula is C26H27N5O2. The van der Waals surface area contributed by atoms with E-state index in [1.54, 1.807) is 12.4 Å². The van der Waals surface area contributed by atoms with E-state index in [-0.39, 0.29) is 17.9 Å². The lowest BCUT2D eigenvalue weighted by Crippen LogP contribution is -2.27. The van der Waals surface area contributed by atoms with Gasteiger partial charge in [-0.3, -0.25) is 9.79 Å². The minimum atomic E-state index is -0.0993. The molecule has 2 aliphatic heterocycles. The normalized spacial score (nSPS) is 17.1. The summed E-state index contributed by atoms with van der Waals surface area (Å²) in [7, 11) is 0. The van der Waals surface area contributed by atoms with Gasteiger partial charge < -0.3 is 15.0 Å². The van der Waals surface area contributed by atoms with Gasteiger partial charge in [0.1, 0.15) is 17.4 Å². The van der Waals surface area contributed by atoms with Gasteiger partial charge in [-0.2, -0.15) is 0 Å². The summed E-state index contributed by atoms with van der Waals surface area (Å²) in [6.45, 7) is 6.14. The first kappa shape index (κ1) is 21.1. The highest BCUT2D eigenvalue weighted by Gasteiger charge is 2.29. The number of fused-ring (bicyclic) bond motifs is 1. The van der Waals surface area contributed by atoms with Crippen molar-refractivity contribution >= 4 is 23.3 Å². The fourth-order valence-electron chi connectivity index (χ4n) is 4.35. The molecule has 0 aliphatic carbocycles. The molecule has 1 aromatic carbocycles. The number of benzene rings is 1. The number of rotatable bonds is 6. The van der Waals surface area contributed by atoms with Crippen molar-refractivity contribution in [3.8, 4) is 5.75 Å². The molecule has 168 valence electrons. The Hall–Kier alpha value is -3.74. The zero-order chi connectivity index (χ0) is 22.8. The summed E-state index contributed by atoms with van der Waals surface area (Å²) in [6.07, 6.45) is 4.40. The monoisotopic (exact) mass is 441 g/mol. The van der Waals surface area contributed by atoms with Crippen LogP contribution in [0.2, 0.25) is 0 Å². The lowest BCUT2D eigenvalue weighted by molar-refractivity contribution is -0.119. The van der Waals surface area contributed by atoms with E-state index in [0.29, 0.717) is 18.9 Å². The Kier molecular flexibility index (Phi) is 5.77. The topological polar surface area (TPSA) is 79.7 Å². The SMILES string of the molecule is CC(C)Oc1ccc2c(c1)C(c1ccnc(NC(=O)C3CCN(c4ccccn4)C3)c1)=NC2. The second-order valence-electron chi connectivity index (χ2n) is 8.69. The van der Waals surface area contributed by atoms with Crippen LogP contribution in [0.3, 0.4) is 0 Å². The third-order valence-corrected chi connectivity index (χ3v) is 5.93. The molecule has 1 N–H and O–H groups in total. The average Bonchev–Trinajstić information content (AvgIpc) is 3.47. The summed E-state index contributed by atoms with van der Waals surface area (Å²) in [4.78, 5) is 28.6. The van der Waals surface area contributed by atoms with Crippen molar-refractivity contribution in [1.82, 2.24) is 9.97 Å². The molecule has 2 aromatic heterocycles. The molecule has 0 spiro atoms. The van der Waals surface area contributed by atoms with Crippen molar-refractivity contribution in [3.63, 3.8) is 0 Å². The zero-order valence-electron chi connectivity index (χ0n) is 18.9. The molecule has 33 heavy (non-hydrogen) atoms. The second kappa shape index (κ2) is 9.02. The standard InChI is InChI=1S/C26H27N5O2/c1-17(2)33-21-7-6-19-15-29-25(22(19)14-21)18-8-11-27-23(13-18)30-26(32)20-9-12-31(16-20)24-5-3-4-10-28-24/h3-8,10-11,13-14,17,20H,9,12,15-16H2,1-2H3,(H,27,30,32). The molecule has 4 heterocycles. The van der Waals surface area contributed by atoms with Crippen LogP contribution in [0.25, 0.3) is 0 Å². The fraction of sp³-hybridized carbons (Fsp3) is 0.308. The molecule has 7 heteroatoms. The Bertz CT molecular complexity index is 1190. The highest BCUT2D eigenvalue weighted by Crippen LogP contribution is 2.28. The van der Waals surface area contributed by atoms with Gasteiger partial charge in [0.05, 0.1) is 24.3 Å². The molecule has 0 bridgehead atoms. The van der Waals surface area contributed by atoms with Gasteiger partial charge in [0, 0.05) is 36.6 Å². The number of nitrogens with one attached hydrogen (secondary N) is 1. The van der Waals surface area contributed by atoms with Crippen LogP contribution in [-0.2, 0) is 11.3 Å². The second-order valence-corrected chi connectivity index (χ2v) is 8.69. The van der Waals surface area contributed by atoms with E-state index in [1.165, 1.54) is 5.56 Å². The van der Waals surface area contributed by atoms with Crippen molar-refractivity contribution in [1.29, 1.82) is 0 Å². The number of anilines is 2. The van der Waals surface area contributed by atoms with Crippen LogP contribution in [-0.4, -0.2) is 40.8 Å². The lowest BCUT2D eigenvalue weighted by Gasteiger charge is -2.17. The number of aromatic nitrogens is 2. The van der Waals surface area contributed by atoms with E-state index in [9.17, 15) is 4.79 Å².